The second kappa shape index (κ2) is 18.3. The molecule has 6 rings (SSSR count). The summed E-state index contributed by atoms with van der Waals surface area (Å²) in [6.07, 6.45) is 3.04. The number of anilines is 1. The Morgan fingerprint density at radius 2 is 1.53 bits per heavy atom. The van der Waals surface area contributed by atoms with E-state index in [0.717, 1.165) is 67.0 Å². The molecule has 0 amide bonds. The molecule has 1 aliphatic heterocycles. The normalized spacial score (nSPS) is 13.1. The van der Waals surface area contributed by atoms with Gasteiger partial charge in [-0.1, -0.05) is 60.2 Å². The minimum atomic E-state index is -1.08. The molecule has 10 heteroatoms. The number of methoxy groups -OCH3 is 1. The number of ether oxygens (including phenoxy) is 3. The summed E-state index contributed by atoms with van der Waals surface area (Å²) in [7, 11) is 1.71. The van der Waals surface area contributed by atoms with Gasteiger partial charge in [0.25, 0.3) is 0 Å². The quantitative estimate of drug-likeness (QED) is 0.0884. The molecular weight excluding hydrogens is 653 g/mol. The van der Waals surface area contributed by atoms with Gasteiger partial charge < -0.3 is 33.6 Å². The maximum Gasteiger partial charge on any atom is 1.00 e. The maximum absolute atomic E-state index is 14.0. The van der Waals surface area contributed by atoms with Crippen molar-refractivity contribution >= 4 is 28.3 Å². The number of para-hydroxylation sites is 3. The number of carbonyl (C=O) groups is 2. The minimum Gasteiger partial charge on any atom is -0.550 e. The van der Waals surface area contributed by atoms with Gasteiger partial charge in [-0.3, -0.25) is 9.69 Å². The first-order valence-electron chi connectivity index (χ1n) is 17.3. The molecule has 51 heavy (non-hydrogen) atoms. The number of carbonyl (C=O) groups excluding carboxylic acids is 2. The van der Waals surface area contributed by atoms with Gasteiger partial charge in [-0.05, 0) is 68.1 Å². The van der Waals surface area contributed by atoms with Crippen molar-refractivity contribution < 1.29 is 58.5 Å². The second-order valence-corrected chi connectivity index (χ2v) is 12.7. The molecule has 2 heterocycles. The van der Waals surface area contributed by atoms with Gasteiger partial charge in [0.1, 0.15) is 12.4 Å². The van der Waals surface area contributed by atoms with Crippen LogP contribution in [0.2, 0.25) is 0 Å². The smallest absolute Gasteiger partial charge is 0.550 e. The van der Waals surface area contributed by atoms with Crippen LogP contribution in [0, 0.1) is 6.92 Å². The van der Waals surface area contributed by atoms with E-state index in [1.807, 2.05) is 78.4 Å². The van der Waals surface area contributed by atoms with Gasteiger partial charge >= 0.3 is 29.6 Å². The number of aromatic nitrogens is 1. The summed E-state index contributed by atoms with van der Waals surface area (Å²) in [4.78, 5) is 29.8. The third kappa shape index (κ3) is 9.74. The van der Waals surface area contributed by atoms with E-state index in [1.54, 1.807) is 19.2 Å². The molecule has 9 nitrogen and oxygen atoms in total. The average Bonchev–Trinajstić information content (AvgIpc) is 3.51. The van der Waals surface area contributed by atoms with Gasteiger partial charge in [-0.15, -0.1) is 0 Å². The van der Waals surface area contributed by atoms with Crippen LogP contribution in [-0.4, -0.2) is 67.7 Å². The number of ketones is 1. The number of hydrogen-bond donors (Lipinski definition) is 0. The minimum absolute atomic E-state index is 0. The van der Waals surface area contributed by atoms with Crippen LogP contribution in [0.15, 0.2) is 97.2 Å². The summed E-state index contributed by atoms with van der Waals surface area (Å²) in [5.74, 6) is 0.791. The second-order valence-electron chi connectivity index (χ2n) is 12.7. The van der Waals surface area contributed by atoms with Crippen LogP contribution in [0.4, 0.5) is 5.69 Å². The van der Waals surface area contributed by atoms with E-state index < -0.39 is 5.97 Å². The first kappa shape index (κ1) is 38.0. The Morgan fingerprint density at radius 3 is 2.29 bits per heavy atom. The zero-order chi connectivity index (χ0) is 34.9. The molecule has 0 unspecified atom stereocenters. The molecule has 0 radical (unpaired) electrons. The molecule has 0 spiro atoms. The largest absolute Gasteiger partial charge is 1.00 e. The Kier molecular flexibility index (Phi) is 13.6. The monoisotopic (exact) mass is 697 g/mol. The fourth-order valence-electron chi connectivity index (χ4n) is 6.46. The van der Waals surface area contributed by atoms with Crippen molar-refractivity contribution in [3.63, 3.8) is 0 Å². The van der Waals surface area contributed by atoms with E-state index in [9.17, 15) is 14.7 Å². The summed E-state index contributed by atoms with van der Waals surface area (Å²) in [5.41, 5.74) is 5.25. The number of fused-ring (bicyclic) bond motifs is 1. The zero-order valence-corrected chi connectivity index (χ0v) is 31.8. The third-order valence-corrected chi connectivity index (χ3v) is 9.21. The first-order valence-corrected chi connectivity index (χ1v) is 17.3. The number of aryl methyl sites for hydroxylation is 2. The maximum atomic E-state index is 14.0. The van der Waals surface area contributed by atoms with Crippen molar-refractivity contribution in [1.82, 2.24) is 9.47 Å². The Bertz CT molecular complexity index is 1920. The molecule has 0 aliphatic carbocycles. The SMILES string of the molecule is COc1ccccc1N1CCN(CCCOc2ccc(C(=O)c3cn(CCCC(=O)[O-])c4ccccc34)cc2OCc2ccc(C)cc2)CC1.[Na+]. The molecule has 4 aromatic carbocycles. The number of benzene rings is 4. The topological polar surface area (TPSA) is 96.3 Å². The summed E-state index contributed by atoms with van der Waals surface area (Å²) in [5, 5.41) is 11.8. The number of aliphatic carboxylic acids is 1. The average molecular weight is 698 g/mol. The molecule has 260 valence electrons. The Labute approximate surface area is 322 Å². The molecule has 0 N–H and O–H groups in total. The number of carboxylic acid groups (broad SMARTS) is 1. The van der Waals surface area contributed by atoms with Crippen molar-refractivity contribution in [3.8, 4) is 17.2 Å². The number of piperazine rings is 1. The van der Waals surface area contributed by atoms with Gasteiger partial charge in [0.2, 0.25) is 0 Å². The first-order chi connectivity index (χ1) is 24.4. The molecule has 5 aromatic rings. The van der Waals surface area contributed by atoms with Gasteiger partial charge in [0.15, 0.2) is 17.3 Å². The number of rotatable bonds is 16. The molecular formula is C41H44N3NaO6. The summed E-state index contributed by atoms with van der Waals surface area (Å²) < 4.78 is 20.1. The molecule has 0 bridgehead atoms. The Balaban J connectivity index is 0.00000504. The fraction of sp³-hybridized carbons (Fsp3) is 0.317. The molecule has 1 fully saturated rings. The van der Waals surface area contributed by atoms with Gasteiger partial charge in [-0.2, -0.15) is 0 Å². The molecule has 0 saturated carbocycles. The van der Waals surface area contributed by atoms with Crippen molar-refractivity contribution in [3.05, 3.63) is 119 Å². The Morgan fingerprint density at radius 1 is 0.784 bits per heavy atom. The van der Waals surface area contributed by atoms with E-state index in [1.165, 1.54) is 5.56 Å². The number of nitrogens with zero attached hydrogens (tertiary/aromatic N) is 3. The standard InChI is InChI=1S/C41H45N3O6.Na/c1-30-14-16-31(17-15-30)29-50-39-27-32(41(47)34-28-44(21-7-13-40(45)46)35-10-4-3-9-33(34)35)18-19-38(39)49-26-8-20-42-22-24-43(25-23-42)36-11-5-6-12-37(36)48-2;/h3-6,9-12,14-19,27-28H,7-8,13,20-26,29H2,1-2H3,(H,45,46);/q;+1/p-1. The van der Waals surface area contributed by atoms with Crippen molar-refractivity contribution in [2.24, 2.45) is 0 Å². The predicted octanol–water partition coefficient (Wildman–Crippen LogP) is 2.89. The Hall–Kier alpha value is -4.28. The van der Waals surface area contributed by atoms with E-state index in [0.29, 0.717) is 48.8 Å². The summed E-state index contributed by atoms with van der Waals surface area (Å²) in [6, 6.07) is 29.4. The van der Waals surface area contributed by atoms with Crippen LogP contribution < -0.4 is 53.8 Å². The number of carboxylic acids is 1. The van der Waals surface area contributed by atoms with Crippen LogP contribution >= 0.6 is 0 Å². The van der Waals surface area contributed by atoms with Crippen LogP contribution in [0.1, 0.15) is 46.3 Å². The molecule has 1 saturated heterocycles. The van der Waals surface area contributed by atoms with E-state index in [-0.39, 0.29) is 41.8 Å². The third-order valence-electron chi connectivity index (χ3n) is 9.21. The predicted molar refractivity (Wildman–Crippen MR) is 193 cm³/mol. The van der Waals surface area contributed by atoms with Crippen LogP contribution in [-0.2, 0) is 17.9 Å². The molecule has 1 aromatic heterocycles. The van der Waals surface area contributed by atoms with Gasteiger partial charge in [0.05, 0.1) is 19.4 Å². The number of hydrogen-bond acceptors (Lipinski definition) is 8. The summed E-state index contributed by atoms with van der Waals surface area (Å²) in [6.45, 7) is 8.09. The molecule has 0 atom stereocenters. The van der Waals surface area contributed by atoms with E-state index >= 15 is 0 Å². The van der Waals surface area contributed by atoms with Crippen molar-refractivity contribution in [1.29, 1.82) is 0 Å². The molecule has 1 aliphatic rings. The zero-order valence-electron chi connectivity index (χ0n) is 29.8. The van der Waals surface area contributed by atoms with Crippen molar-refractivity contribution in [2.45, 2.75) is 39.3 Å². The fourth-order valence-corrected chi connectivity index (χ4v) is 6.46. The van der Waals surface area contributed by atoms with E-state index in [2.05, 4.69) is 28.0 Å². The van der Waals surface area contributed by atoms with E-state index in [4.69, 9.17) is 14.2 Å². The van der Waals surface area contributed by atoms with Gasteiger partial charge in [-0.25, -0.2) is 0 Å². The summed E-state index contributed by atoms with van der Waals surface area (Å²) >= 11 is 0. The van der Waals surface area contributed by atoms with Crippen LogP contribution in [0.5, 0.6) is 17.2 Å². The van der Waals surface area contributed by atoms with Gasteiger partial charge in [0, 0.05) is 73.5 Å². The van der Waals surface area contributed by atoms with Crippen LogP contribution in [0.3, 0.4) is 0 Å². The van der Waals surface area contributed by atoms with Crippen molar-refractivity contribution in [2.75, 3.05) is 51.3 Å². The van der Waals surface area contributed by atoms with Crippen LogP contribution in [0.25, 0.3) is 10.9 Å².